The van der Waals surface area contributed by atoms with Gasteiger partial charge in [0.15, 0.2) is 11.5 Å². The van der Waals surface area contributed by atoms with E-state index in [1.54, 1.807) is 36.7 Å². The molecular weight excluding hydrogens is 392 g/mol. The van der Waals surface area contributed by atoms with Crippen molar-refractivity contribution >= 4 is 26.9 Å². The van der Waals surface area contributed by atoms with Crippen LogP contribution in [0.3, 0.4) is 0 Å². The summed E-state index contributed by atoms with van der Waals surface area (Å²) in [5.41, 5.74) is 7.45. The Labute approximate surface area is 166 Å². The second-order valence-corrected chi connectivity index (χ2v) is 8.28. The molecule has 0 radical (unpaired) electrons. The molecule has 1 aliphatic heterocycles. The Bertz CT molecular complexity index is 1350. The maximum atomic E-state index is 13.5. The van der Waals surface area contributed by atoms with Crippen molar-refractivity contribution in [1.82, 2.24) is 13.9 Å². The Morgan fingerprint density at radius 2 is 1.79 bits per heavy atom. The van der Waals surface area contributed by atoms with Crippen molar-refractivity contribution < 1.29 is 17.9 Å². The summed E-state index contributed by atoms with van der Waals surface area (Å²) in [7, 11) is -3.89. The fourth-order valence-electron chi connectivity index (χ4n) is 3.37. The topological polar surface area (TPSA) is 109 Å². The second-order valence-electron chi connectivity index (χ2n) is 6.47. The molecule has 0 unspecified atom stereocenters. The molecule has 8 nitrogen and oxygen atoms in total. The van der Waals surface area contributed by atoms with Crippen LogP contribution in [0.25, 0.3) is 22.2 Å². The van der Waals surface area contributed by atoms with Crippen LogP contribution in [0.5, 0.6) is 11.5 Å². The molecule has 9 heteroatoms. The molecule has 146 valence electrons. The third-order valence-electron chi connectivity index (χ3n) is 4.70. The molecule has 3 heterocycles. The number of nitrogens with zero attached hydrogens (tertiary/aromatic N) is 3. The maximum Gasteiger partial charge on any atom is 0.268 e. The Morgan fingerprint density at radius 3 is 2.62 bits per heavy atom. The minimum absolute atomic E-state index is 0.108. The smallest absolute Gasteiger partial charge is 0.268 e. The maximum absolute atomic E-state index is 13.5. The summed E-state index contributed by atoms with van der Waals surface area (Å²) >= 11 is 0. The zero-order valence-corrected chi connectivity index (χ0v) is 16.0. The van der Waals surface area contributed by atoms with Gasteiger partial charge in [0.1, 0.15) is 13.2 Å². The summed E-state index contributed by atoms with van der Waals surface area (Å²) in [5.74, 6) is 1.07. The molecule has 2 aromatic carbocycles. The molecule has 1 aliphatic rings. The van der Waals surface area contributed by atoms with Gasteiger partial charge in [0.25, 0.3) is 10.0 Å². The standard InChI is InChI=1S/C20H16N4O4S/c21-20-22-8-7-16(23-20)15-12-24(17-4-2-1-3-14(15)17)29(25,26)13-5-6-18-19(11-13)28-10-9-27-18/h1-8,11-12H,9-10H2,(H2,21,22,23). The molecule has 0 saturated carbocycles. The van der Waals surface area contributed by atoms with Gasteiger partial charge in [-0.2, -0.15) is 0 Å². The predicted octanol–water partition coefficient (Wildman–Crippen LogP) is 2.69. The lowest BCUT2D eigenvalue weighted by atomic mass is 10.1. The molecule has 0 amide bonds. The number of hydrogen-bond acceptors (Lipinski definition) is 7. The van der Waals surface area contributed by atoms with E-state index in [1.807, 2.05) is 12.1 Å². The van der Waals surface area contributed by atoms with Gasteiger partial charge in [-0.1, -0.05) is 18.2 Å². The number of aromatic nitrogens is 3. The summed E-state index contributed by atoms with van der Waals surface area (Å²) < 4.78 is 39.2. The molecule has 5 rings (SSSR count). The number of anilines is 1. The monoisotopic (exact) mass is 408 g/mol. The summed E-state index contributed by atoms with van der Waals surface area (Å²) in [4.78, 5) is 8.25. The van der Waals surface area contributed by atoms with Gasteiger partial charge < -0.3 is 15.2 Å². The highest BCUT2D eigenvalue weighted by atomic mass is 32.2. The van der Waals surface area contributed by atoms with Crippen LogP contribution >= 0.6 is 0 Å². The van der Waals surface area contributed by atoms with E-state index in [-0.39, 0.29) is 10.8 Å². The highest BCUT2D eigenvalue weighted by Gasteiger charge is 2.24. The van der Waals surface area contributed by atoms with Gasteiger partial charge in [-0.3, -0.25) is 0 Å². The van der Waals surface area contributed by atoms with Crippen molar-refractivity contribution in [3.8, 4) is 22.8 Å². The van der Waals surface area contributed by atoms with Crippen LogP contribution < -0.4 is 15.2 Å². The van der Waals surface area contributed by atoms with Gasteiger partial charge in [0, 0.05) is 29.4 Å². The number of hydrogen-bond donors (Lipinski definition) is 1. The van der Waals surface area contributed by atoms with Gasteiger partial charge >= 0.3 is 0 Å². The average Bonchev–Trinajstić information content (AvgIpc) is 3.14. The molecule has 2 N–H and O–H groups in total. The minimum atomic E-state index is -3.89. The number of rotatable bonds is 3. The SMILES string of the molecule is Nc1nccc(-c2cn(S(=O)(=O)c3ccc4c(c3)OCCO4)c3ccccc23)n1. The molecule has 0 atom stereocenters. The van der Waals surface area contributed by atoms with Crippen molar-refractivity contribution in [2.45, 2.75) is 4.90 Å². The number of nitrogen functional groups attached to an aromatic ring is 1. The summed E-state index contributed by atoms with van der Waals surface area (Å²) in [5, 5.41) is 0.742. The third-order valence-corrected chi connectivity index (χ3v) is 6.37. The van der Waals surface area contributed by atoms with Gasteiger partial charge in [0.2, 0.25) is 5.95 Å². The first-order chi connectivity index (χ1) is 14.0. The lowest BCUT2D eigenvalue weighted by Crippen LogP contribution is -2.17. The Hall–Kier alpha value is -3.59. The van der Waals surface area contributed by atoms with Crippen LogP contribution in [-0.4, -0.2) is 35.6 Å². The highest BCUT2D eigenvalue weighted by Crippen LogP contribution is 2.35. The van der Waals surface area contributed by atoms with Crippen molar-refractivity contribution in [2.75, 3.05) is 18.9 Å². The van der Waals surface area contributed by atoms with Gasteiger partial charge in [-0.25, -0.2) is 22.4 Å². The van der Waals surface area contributed by atoms with E-state index in [0.29, 0.717) is 41.5 Å². The number of benzene rings is 2. The molecule has 4 aromatic rings. The lowest BCUT2D eigenvalue weighted by molar-refractivity contribution is 0.171. The van der Waals surface area contributed by atoms with Crippen molar-refractivity contribution in [1.29, 1.82) is 0 Å². The first kappa shape index (κ1) is 17.5. The van der Waals surface area contributed by atoms with Crippen LogP contribution in [0.2, 0.25) is 0 Å². The van der Waals surface area contributed by atoms with Crippen LogP contribution in [-0.2, 0) is 10.0 Å². The molecular formula is C20H16N4O4S. The molecule has 2 aromatic heterocycles. The number of ether oxygens (including phenoxy) is 2. The Morgan fingerprint density at radius 1 is 1.00 bits per heavy atom. The van der Waals surface area contributed by atoms with E-state index in [4.69, 9.17) is 15.2 Å². The second kappa shape index (κ2) is 6.49. The largest absolute Gasteiger partial charge is 0.486 e. The zero-order valence-electron chi connectivity index (χ0n) is 15.1. The molecule has 0 saturated heterocycles. The molecule has 0 bridgehead atoms. The van der Waals surface area contributed by atoms with Crippen LogP contribution in [0.15, 0.2) is 65.8 Å². The molecule has 0 aliphatic carbocycles. The van der Waals surface area contributed by atoms with Gasteiger partial charge in [0.05, 0.1) is 16.1 Å². The lowest BCUT2D eigenvalue weighted by Gasteiger charge is -2.19. The van der Waals surface area contributed by atoms with Crippen LogP contribution in [0, 0.1) is 0 Å². The molecule has 0 spiro atoms. The van der Waals surface area contributed by atoms with Crippen molar-refractivity contribution in [2.24, 2.45) is 0 Å². The number of para-hydroxylation sites is 1. The Balaban J connectivity index is 1.71. The number of nitrogens with two attached hydrogens (primary N) is 1. The summed E-state index contributed by atoms with van der Waals surface area (Å²) in [6.45, 7) is 0.814. The van der Waals surface area contributed by atoms with Gasteiger partial charge in [-0.05, 0) is 24.3 Å². The van der Waals surface area contributed by atoms with Gasteiger partial charge in [-0.15, -0.1) is 0 Å². The fourth-order valence-corrected chi connectivity index (χ4v) is 4.76. The minimum Gasteiger partial charge on any atom is -0.486 e. The first-order valence-electron chi connectivity index (χ1n) is 8.88. The van der Waals surface area contributed by atoms with Crippen LogP contribution in [0.4, 0.5) is 5.95 Å². The van der Waals surface area contributed by atoms with Crippen molar-refractivity contribution in [3.05, 3.63) is 60.9 Å². The Kier molecular flexibility index (Phi) is 3.92. The summed E-state index contributed by atoms with van der Waals surface area (Å²) in [6, 6.07) is 13.5. The molecule has 0 fully saturated rings. The third kappa shape index (κ3) is 2.87. The summed E-state index contributed by atoms with van der Waals surface area (Å²) in [6.07, 6.45) is 3.09. The highest BCUT2D eigenvalue weighted by molar-refractivity contribution is 7.90. The van der Waals surface area contributed by atoms with E-state index in [2.05, 4.69) is 9.97 Å². The quantitative estimate of drug-likeness (QED) is 0.555. The average molecular weight is 408 g/mol. The normalized spacial score (nSPS) is 13.5. The van der Waals surface area contributed by atoms with E-state index in [9.17, 15) is 8.42 Å². The van der Waals surface area contributed by atoms with E-state index in [0.717, 1.165) is 5.39 Å². The molecule has 29 heavy (non-hydrogen) atoms. The first-order valence-corrected chi connectivity index (χ1v) is 10.3. The van der Waals surface area contributed by atoms with Crippen LogP contribution in [0.1, 0.15) is 0 Å². The van der Waals surface area contributed by atoms with E-state index >= 15 is 0 Å². The fraction of sp³-hybridized carbons (Fsp3) is 0.100. The zero-order chi connectivity index (χ0) is 20.0. The van der Waals surface area contributed by atoms with Crippen molar-refractivity contribution in [3.63, 3.8) is 0 Å². The van der Waals surface area contributed by atoms with E-state index in [1.165, 1.54) is 16.1 Å². The van der Waals surface area contributed by atoms with E-state index < -0.39 is 10.0 Å². The predicted molar refractivity (Wildman–Crippen MR) is 107 cm³/mol. The number of fused-ring (bicyclic) bond motifs is 2.